The van der Waals surface area contributed by atoms with Gasteiger partial charge < -0.3 is 39.4 Å². The van der Waals surface area contributed by atoms with Crippen LogP contribution in [0.5, 0.6) is 0 Å². The Morgan fingerprint density at radius 3 is 1.79 bits per heavy atom. The Morgan fingerprint density at radius 2 is 1.17 bits per heavy atom. The van der Waals surface area contributed by atoms with Gasteiger partial charge in [-0.1, -0.05) is 113 Å². The number of esters is 2. The molecule has 1 saturated heterocycles. The number of carboxylic acid groups (broad SMARTS) is 1. The summed E-state index contributed by atoms with van der Waals surface area (Å²) >= 11 is 0. The number of hydrogen-bond donors (Lipinski definition) is 4. The second-order valence-corrected chi connectivity index (χ2v) is 13.0. The smallest absolute Gasteiger partial charge is 0.335 e. The molecule has 52 heavy (non-hydrogen) atoms. The van der Waals surface area contributed by atoms with Crippen molar-refractivity contribution in [3.8, 4) is 0 Å². The van der Waals surface area contributed by atoms with Crippen molar-refractivity contribution < 1.29 is 53.8 Å². The van der Waals surface area contributed by atoms with Gasteiger partial charge in [0.2, 0.25) is 0 Å². The van der Waals surface area contributed by atoms with Crippen LogP contribution in [0.2, 0.25) is 0 Å². The largest absolute Gasteiger partial charge is 0.479 e. The first-order valence-electron chi connectivity index (χ1n) is 19.3. The number of unbranched alkanes of at least 4 members (excludes halogenated alkanes) is 9. The fraction of sp³-hybridized carbons (Fsp3) is 0.683. The summed E-state index contributed by atoms with van der Waals surface area (Å²) in [6.07, 6.45) is 27.3. The summed E-state index contributed by atoms with van der Waals surface area (Å²) in [4.78, 5) is 36.6. The summed E-state index contributed by atoms with van der Waals surface area (Å²) in [5.74, 6) is -2.57. The van der Waals surface area contributed by atoms with Crippen LogP contribution in [0.4, 0.5) is 0 Å². The number of aliphatic carboxylic acids is 1. The highest BCUT2D eigenvalue weighted by molar-refractivity contribution is 5.73. The van der Waals surface area contributed by atoms with Crippen LogP contribution < -0.4 is 0 Å². The fourth-order valence-electron chi connectivity index (χ4n) is 5.30. The molecule has 0 spiro atoms. The van der Waals surface area contributed by atoms with Crippen molar-refractivity contribution in [1.82, 2.24) is 0 Å². The molecule has 0 aromatic rings. The van der Waals surface area contributed by atoms with Crippen LogP contribution in [-0.4, -0.2) is 88.4 Å². The summed E-state index contributed by atoms with van der Waals surface area (Å²) in [6, 6.07) is 0. The molecular weight excluding hydrogens is 668 g/mol. The van der Waals surface area contributed by atoms with E-state index in [0.717, 1.165) is 64.2 Å². The van der Waals surface area contributed by atoms with Crippen molar-refractivity contribution in [1.29, 1.82) is 0 Å². The lowest BCUT2D eigenvalue weighted by Gasteiger charge is -2.38. The molecule has 0 radical (unpaired) electrons. The van der Waals surface area contributed by atoms with Gasteiger partial charge in [0, 0.05) is 12.8 Å². The number of ether oxygens (including phenoxy) is 4. The maximum atomic E-state index is 12.7. The van der Waals surface area contributed by atoms with Gasteiger partial charge in [0.15, 0.2) is 18.5 Å². The van der Waals surface area contributed by atoms with Gasteiger partial charge in [0.1, 0.15) is 24.9 Å². The van der Waals surface area contributed by atoms with Crippen molar-refractivity contribution in [3.05, 3.63) is 60.8 Å². The second-order valence-electron chi connectivity index (χ2n) is 13.0. The minimum Gasteiger partial charge on any atom is -0.479 e. The second kappa shape index (κ2) is 31.4. The molecule has 0 amide bonds. The number of carboxylic acids is 1. The SMILES string of the molecule is CC/C=C\C/C=C\C/C=C\C/C=C\CCC(=O)OCC(COC1OC(C(=O)O)C(O)C(O)C1O)OC(=O)CCCCCCC/C=C\CCCCCC. The summed E-state index contributed by atoms with van der Waals surface area (Å²) in [5.41, 5.74) is 0. The molecule has 1 aliphatic rings. The standard InChI is InChI=1S/C41H66O11/c1-3-5-7-9-11-13-15-17-19-21-23-25-27-29-34(42)49-31-33(32-50-41-38(46)36(44)37(45)39(52-41)40(47)48)51-35(43)30-28-26-24-22-20-18-16-14-12-10-8-6-4-2/h5,7,11,13-14,16-17,19,23,25,33,36-39,41,44-46H,3-4,6,8-10,12,15,18,20-22,24,26-32H2,1-2H3,(H,47,48)/b7-5-,13-11-,16-14-,19-17-,25-23-. The molecule has 6 atom stereocenters. The van der Waals surface area contributed by atoms with E-state index in [4.69, 9.17) is 18.9 Å². The summed E-state index contributed by atoms with van der Waals surface area (Å²) < 4.78 is 21.5. The zero-order valence-electron chi connectivity index (χ0n) is 31.5. The molecular formula is C41H66O11. The van der Waals surface area contributed by atoms with Crippen molar-refractivity contribution in [3.63, 3.8) is 0 Å². The molecule has 1 aliphatic heterocycles. The highest BCUT2D eigenvalue weighted by Crippen LogP contribution is 2.23. The van der Waals surface area contributed by atoms with Gasteiger partial charge in [0.05, 0.1) is 6.61 Å². The molecule has 6 unspecified atom stereocenters. The number of carbonyl (C=O) groups excluding carboxylic acids is 2. The van der Waals surface area contributed by atoms with Gasteiger partial charge in [-0.05, 0) is 64.2 Å². The normalized spacial score (nSPS) is 21.6. The third-order valence-corrected chi connectivity index (χ3v) is 8.36. The predicted octanol–water partition coefficient (Wildman–Crippen LogP) is 7.19. The Hall–Kier alpha value is -3.09. The molecule has 4 N–H and O–H groups in total. The highest BCUT2D eigenvalue weighted by atomic mass is 16.7. The third kappa shape index (κ3) is 23.5. The van der Waals surface area contributed by atoms with Crippen LogP contribution >= 0.6 is 0 Å². The molecule has 11 heteroatoms. The topological polar surface area (TPSA) is 169 Å². The van der Waals surface area contributed by atoms with Crippen LogP contribution in [-0.2, 0) is 33.3 Å². The quantitative estimate of drug-likeness (QED) is 0.0335. The third-order valence-electron chi connectivity index (χ3n) is 8.36. The molecule has 0 aliphatic carbocycles. The summed E-state index contributed by atoms with van der Waals surface area (Å²) in [6.45, 7) is 3.57. The van der Waals surface area contributed by atoms with Gasteiger partial charge in [-0.3, -0.25) is 9.59 Å². The average molecular weight is 735 g/mol. The van der Waals surface area contributed by atoms with Gasteiger partial charge in [-0.2, -0.15) is 0 Å². The van der Waals surface area contributed by atoms with E-state index in [1.54, 1.807) is 0 Å². The minimum atomic E-state index is -1.87. The van der Waals surface area contributed by atoms with Gasteiger partial charge in [0.25, 0.3) is 0 Å². The Morgan fingerprint density at radius 1 is 0.615 bits per heavy atom. The summed E-state index contributed by atoms with van der Waals surface area (Å²) in [7, 11) is 0. The van der Waals surface area contributed by atoms with E-state index >= 15 is 0 Å². The fourth-order valence-corrected chi connectivity index (χ4v) is 5.30. The number of allylic oxidation sites excluding steroid dienone is 10. The van der Waals surface area contributed by atoms with Crippen LogP contribution in [0.25, 0.3) is 0 Å². The van der Waals surface area contributed by atoms with Crippen LogP contribution in [0.15, 0.2) is 60.8 Å². The maximum Gasteiger partial charge on any atom is 0.335 e. The summed E-state index contributed by atoms with van der Waals surface area (Å²) in [5, 5.41) is 39.6. The number of hydrogen-bond acceptors (Lipinski definition) is 10. The van der Waals surface area contributed by atoms with Crippen molar-refractivity contribution >= 4 is 17.9 Å². The van der Waals surface area contributed by atoms with E-state index in [2.05, 4.69) is 62.5 Å². The Labute approximate surface area is 311 Å². The number of aliphatic hydroxyl groups excluding tert-OH is 3. The number of rotatable bonds is 30. The van der Waals surface area contributed by atoms with E-state index in [9.17, 15) is 34.8 Å². The maximum absolute atomic E-state index is 12.7. The van der Waals surface area contributed by atoms with E-state index in [1.807, 2.05) is 12.2 Å². The molecule has 0 aromatic heterocycles. The first kappa shape index (κ1) is 46.9. The zero-order valence-corrected chi connectivity index (χ0v) is 31.5. The molecule has 0 aromatic carbocycles. The molecule has 1 rings (SSSR count). The Balaban J connectivity index is 2.51. The van der Waals surface area contributed by atoms with Crippen molar-refractivity contribution in [2.45, 2.75) is 166 Å². The van der Waals surface area contributed by atoms with Crippen LogP contribution in [0, 0.1) is 0 Å². The Kier molecular flexibility index (Phi) is 28.4. The van der Waals surface area contributed by atoms with Gasteiger partial charge in [-0.15, -0.1) is 0 Å². The van der Waals surface area contributed by atoms with Crippen LogP contribution in [0.1, 0.15) is 129 Å². The lowest BCUT2D eigenvalue weighted by molar-refractivity contribution is -0.298. The van der Waals surface area contributed by atoms with Gasteiger partial charge >= 0.3 is 17.9 Å². The molecule has 1 fully saturated rings. The van der Waals surface area contributed by atoms with E-state index in [1.165, 1.54) is 25.7 Å². The van der Waals surface area contributed by atoms with Gasteiger partial charge in [-0.25, -0.2) is 4.79 Å². The highest BCUT2D eigenvalue weighted by Gasteiger charge is 2.47. The van der Waals surface area contributed by atoms with Crippen molar-refractivity contribution in [2.24, 2.45) is 0 Å². The van der Waals surface area contributed by atoms with E-state index < -0.39 is 61.3 Å². The minimum absolute atomic E-state index is 0.110. The first-order chi connectivity index (χ1) is 25.2. The molecule has 11 nitrogen and oxygen atoms in total. The molecule has 0 bridgehead atoms. The predicted molar refractivity (Wildman–Crippen MR) is 201 cm³/mol. The first-order valence-corrected chi connectivity index (χ1v) is 19.3. The van der Waals surface area contributed by atoms with Crippen molar-refractivity contribution in [2.75, 3.05) is 13.2 Å². The number of carbonyl (C=O) groups is 3. The zero-order chi connectivity index (χ0) is 38.2. The lowest BCUT2D eigenvalue weighted by Crippen LogP contribution is -2.60. The van der Waals surface area contributed by atoms with Crippen LogP contribution in [0.3, 0.4) is 0 Å². The molecule has 1 heterocycles. The van der Waals surface area contributed by atoms with E-state index in [0.29, 0.717) is 12.8 Å². The lowest BCUT2D eigenvalue weighted by atomic mass is 9.99. The molecule has 0 saturated carbocycles. The average Bonchev–Trinajstić information content (AvgIpc) is 3.12. The molecule has 296 valence electrons. The number of aliphatic hydroxyl groups is 3. The monoisotopic (exact) mass is 734 g/mol. The Bertz CT molecular complexity index is 1100. The van der Waals surface area contributed by atoms with E-state index in [-0.39, 0.29) is 19.4 Å².